The van der Waals surface area contributed by atoms with Gasteiger partial charge in [0.05, 0.1) is 6.61 Å². The third-order valence-electron chi connectivity index (χ3n) is 2.79. The van der Waals surface area contributed by atoms with E-state index >= 15 is 0 Å². The van der Waals surface area contributed by atoms with Gasteiger partial charge in [0.15, 0.2) is 0 Å². The van der Waals surface area contributed by atoms with Gasteiger partial charge in [-0.2, -0.15) is 0 Å². The Morgan fingerprint density at radius 3 is 2.19 bits per heavy atom. The van der Waals surface area contributed by atoms with E-state index in [-0.39, 0.29) is 30.0 Å². The molecule has 0 fully saturated rings. The second kappa shape index (κ2) is 6.21. The Bertz CT molecular complexity index is 222. The van der Waals surface area contributed by atoms with Crippen molar-refractivity contribution < 1.29 is 9.90 Å². The first kappa shape index (κ1) is 15.4. The van der Waals surface area contributed by atoms with Gasteiger partial charge < -0.3 is 15.7 Å². The number of carbonyl (C=O) groups is 1. The van der Waals surface area contributed by atoms with Crippen LogP contribution >= 0.6 is 0 Å². The molecule has 3 N–H and O–H groups in total. The molecule has 0 heterocycles. The fourth-order valence-corrected chi connectivity index (χ4v) is 1.39. The van der Waals surface area contributed by atoms with E-state index in [2.05, 4.69) is 0 Å². The molecule has 0 saturated heterocycles. The number of aliphatic hydroxyl groups is 1. The molecule has 4 nitrogen and oxygen atoms in total. The Kier molecular flexibility index (Phi) is 5.97. The van der Waals surface area contributed by atoms with E-state index in [1.807, 2.05) is 34.6 Å². The maximum atomic E-state index is 12.0. The molecule has 0 radical (unpaired) electrons. The number of hydrogen-bond donors (Lipinski definition) is 2. The number of nitrogens with two attached hydrogens (primary N) is 1. The van der Waals surface area contributed by atoms with Crippen molar-refractivity contribution in [2.75, 3.05) is 13.2 Å². The molecule has 0 aliphatic heterocycles. The van der Waals surface area contributed by atoms with Gasteiger partial charge in [-0.3, -0.25) is 4.79 Å². The summed E-state index contributed by atoms with van der Waals surface area (Å²) in [4.78, 5) is 13.6. The Morgan fingerprint density at radius 2 is 1.88 bits per heavy atom. The van der Waals surface area contributed by atoms with Crippen molar-refractivity contribution in [3.8, 4) is 0 Å². The number of aliphatic hydroxyl groups excluding tert-OH is 1. The maximum absolute atomic E-state index is 12.0. The first-order valence-electron chi connectivity index (χ1n) is 5.86. The predicted molar refractivity (Wildman–Crippen MR) is 66.0 cm³/mol. The molecule has 0 rings (SSSR count). The third kappa shape index (κ3) is 4.94. The second-order valence-corrected chi connectivity index (χ2v) is 5.58. The van der Waals surface area contributed by atoms with E-state index < -0.39 is 0 Å². The molecule has 0 bridgehead atoms. The molecule has 0 aromatic rings. The lowest BCUT2D eigenvalue weighted by Crippen LogP contribution is -2.45. The largest absolute Gasteiger partial charge is 0.395 e. The highest BCUT2D eigenvalue weighted by Crippen LogP contribution is 2.20. The molecule has 4 heteroatoms. The molecule has 1 atom stereocenters. The van der Waals surface area contributed by atoms with E-state index in [0.29, 0.717) is 13.0 Å². The normalized spacial score (nSPS) is 14.0. The average Bonchev–Trinajstić information content (AvgIpc) is 2.11. The molecule has 1 amide bonds. The standard InChI is InChI=1S/C12H26N2O2/c1-9(2)14(6-7-15)11(16)8-10(13)12(3,4)5/h9-10,15H,6-8,13H2,1-5H3. The van der Waals surface area contributed by atoms with Crippen LogP contribution in [0.3, 0.4) is 0 Å². The van der Waals surface area contributed by atoms with Crippen LogP contribution in [-0.2, 0) is 4.79 Å². The van der Waals surface area contributed by atoms with Crippen molar-refractivity contribution in [1.82, 2.24) is 4.90 Å². The molecule has 1 unspecified atom stereocenters. The van der Waals surface area contributed by atoms with Crippen LogP contribution in [0.1, 0.15) is 41.0 Å². The summed E-state index contributed by atoms with van der Waals surface area (Å²) in [5, 5.41) is 8.90. The van der Waals surface area contributed by atoms with E-state index in [1.54, 1.807) is 4.90 Å². The van der Waals surface area contributed by atoms with Crippen LogP contribution < -0.4 is 5.73 Å². The summed E-state index contributed by atoms with van der Waals surface area (Å²) in [5.74, 6) is 0.0199. The zero-order chi connectivity index (χ0) is 12.9. The SMILES string of the molecule is CC(C)N(CCO)C(=O)CC(N)C(C)(C)C. The van der Waals surface area contributed by atoms with Crippen LogP contribution in [0, 0.1) is 5.41 Å². The molecular formula is C12H26N2O2. The summed E-state index contributed by atoms with van der Waals surface area (Å²) in [7, 11) is 0. The lowest BCUT2D eigenvalue weighted by Gasteiger charge is -2.31. The Morgan fingerprint density at radius 1 is 1.38 bits per heavy atom. The van der Waals surface area contributed by atoms with Crippen LogP contribution in [0.2, 0.25) is 0 Å². The average molecular weight is 230 g/mol. The zero-order valence-electron chi connectivity index (χ0n) is 11.2. The molecule has 0 aromatic heterocycles. The first-order valence-corrected chi connectivity index (χ1v) is 5.86. The minimum absolute atomic E-state index is 0.00528. The second-order valence-electron chi connectivity index (χ2n) is 5.58. The van der Waals surface area contributed by atoms with Gasteiger partial charge in [-0.15, -0.1) is 0 Å². The summed E-state index contributed by atoms with van der Waals surface area (Å²) in [5.41, 5.74) is 5.90. The third-order valence-corrected chi connectivity index (χ3v) is 2.79. The fourth-order valence-electron chi connectivity index (χ4n) is 1.39. The first-order chi connectivity index (χ1) is 7.20. The highest BCUT2D eigenvalue weighted by atomic mass is 16.3. The zero-order valence-corrected chi connectivity index (χ0v) is 11.2. The molecule has 96 valence electrons. The summed E-state index contributed by atoms with van der Waals surface area (Å²) in [6.07, 6.45) is 0.335. The Balaban J connectivity index is 4.42. The number of amides is 1. The molecule has 0 aliphatic carbocycles. The number of carbonyl (C=O) groups excluding carboxylic acids is 1. The fraction of sp³-hybridized carbons (Fsp3) is 0.917. The molecule has 0 saturated carbocycles. The highest BCUT2D eigenvalue weighted by molar-refractivity contribution is 5.77. The monoisotopic (exact) mass is 230 g/mol. The van der Waals surface area contributed by atoms with Crippen molar-refractivity contribution in [1.29, 1.82) is 0 Å². The van der Waals surface area contributed by atoms with Crippen molar-refractivity contribution in [2.45, 2.75) is 53.1 Å². The van der Waals surface area contributed by atoms with Crippen LogP contribution in [0.4, 0.5) is 0 Å². The van der Waals surface area contributed by atoms with Gasteiger partial charge >= 0.3 is 0 Å². The molecule has 16 heavy (non-hydrogen) atoms. The van der Waals surface area contributed by atoms with Crippen molar-refractivity contribution in [2.24, 2.45) is 11.1 Å². The minimum Gasteiger partial charge on any atom is -0.395 e. The van der Waals surface area contributed by atoms with Gasteiger partial charge in [0.25, 0.3) is 0 Å². The van der Waals surface area contributed by atoms with E-state index in [1.165, 1.54) is 0 Å². The lowest BCUT2D eigenvalue weighted by molar-refractivity contribution is -0.134. The number of hydrogen-bond acceptors (Lipinski definition) is 3. The van der Waals surface area contributed by atoms with Crippen molar-refractivity contribution in [3.05, 3.63) is 0 Å². The maximum Gasteiger partial charge on any atom is 0.224 e. The topological polar surface area (TPSA) is 66.6 Å². The van der Waals surface area contributed by atoms with Gasteiger partial charge in [0.2, 0.25) is 5.91 Å². The Hall–Kier alpha value is -0.610. The summed E-state index contributed by atoms with van der Waals surface area (Å²) >= 11 is 0. The van der Waals surface area contributed by atoms with Crippen LogP contribution in [-0.4, -0.2) is 41.1 Å². The predicted octanol–water partition coefficient (Wildman–Crippen LogP) is 0.979. The Labute approximate surface area is 98.8 Å². The lowest BCUT2D eigenvalue weighted by atomic mass is 9.85. The number of nitrogens with zero attached hydrogens (tertiary/aromatic N) is 1. The van der Waals surface area contributed by atoms with Crippen LogP contribution in [0.15, 0.2) is 0 Å². The van der Waals surface area contributed by atoms with Crippen molar-refractivity contribution >= 4 is 5.91 Å². The molecular weight excluding hydrogens is 204 g/mol. The van der Waals surface area contributed by atoms with Crippen molar-refractivity contribution in [3.63, 3.8) is 0 Å². The summed E-state index contributed by atoms with van der Waals surface area (Å²) < 4.78 is 0. The van der Waals surface area contributed by atoms with Gasteiger partial charge in [-0.1, -0.05) is 20.8 Å². The van der Waals surface area contributed by atoms with E-state index in [9.17, 15) is 4.79 Å². The summed E-state index contributed by atoms with van der Waals surface area (Å²) in [6, 6.07) is -0.0493. The van der Waals surface area contributed by atoms with Crippen LogP contribution in [0.5, 0.6) is 0 Å². The van der Waals surface area contributed by atoms with Gasteiger partial charge in [0.1, 0.15) is 0 Å². The van der Waals surface area contributed by atoms with Gasteiger partial charge in [-0.25, -0.2) is 0 Å². The molecule has 0 spiro atoms. The van der Waals surface area contributed by atoms with E-state index in [4.69, 9.17) is 10.8 Å². The quantitative estimate of drug-likeness (QED) is 0.740. The summed E-state index contributed by atoms with van der Waals surface area (Å²) in [6.45, 7) is 10.3. The van der Waals surface area contributed by atoms with E-state index in [0.717, 1.165) is 0 Å². The van der Waals surface area contributed by atoms with Crippen LogP contribution in [0.25, 0.3) is 0 Å². The number of rotatable bonds is 5. The highest BCUT2D eigenvalue weighted by Gasteiger charge is 2.26. The molecule has 0 aromatic carbocycles. The van der Waals surface area contributed by atoms with Gasteiger partial charge in [0, 0.05) is 25.0 Å². The molecule has 0 aliphatic rings. The van der Waals surface area contributed by atoms with Gasteiger partial charge in [-0.05, 0) is 19.3 Å². The minimum atomic E-state index is -0.153. The smallest absolute Gasteiger partial charge is 0.224 e.